The fourth-order valence-corrected chi connectivity index (χ4v) is 1.54. The largest absolute Gasteiger partial charge is 0.444 e. The summed E-state index contributed by atoms with van der Waals surface area (Å²) in [5.41, 5.74) is -1.13. The summed E-state index contributed by atoms with van der Waals surface area (Å²) in [7, 11) is 0. The molecule has 0 aliphatic rings. The van der Waals surface area contributed by atoms with Gasteiger partial charge in [-0.3, -0.25) is 4.90 Å². The average Bonchev–Trinajstić information content (AvgIpc) is 1.98. The van der Waals surface area contributed by atoms with Crippen molar-refractivity contribution in [1.82, 2.24) is 4.90 Å². The van der Waals surface area contributed by atoms with Crippen LogP contribution >= 0.6 is 0 Å². The van der Waals surface area contributed by atoms with Crippen LogP contribution in [0.2, 0.25) is 0 Å². The minimum Gasteiger partial charge on any atom is -0.444 e. The Morgan fingerprint density at radius 2 is 1.69 bits per heavy atom. The minimum absolute atomic E-state index is 0.0167. The molecule has 0 heterocycles. The van der Waals surface area contributed by atoms with Gasteiger partial charge in [0.25, 0.3) is 0 Å². The van der Waals surface area contributed by atoms with Crippen LogP contribution in [0.15, 0.2) is 0 Å². The predicted octanol–water partition coefficient (Wildman–Crippen LogP) is 2.40. The van der Waals surface area contributed by atoms with E-state index in [4.69, 9.17) is 4.74 Å². The highest BCUT2D eigenvalue weighted by molar-refractivity contribution is 5.69. The second-order valence-electron chi connectivity index (χ2n) is 5.91. The molecule has 0 aliphatic heterocycles. The zero-order chi connectivity index (χ0) is 13.1. The summed E-state index contributed by atoms with van der Waals surface area (Å²) < 4.78 is 5.33. The van der Waals surface area contributed by atoms with E-state index in [1.807, 2.05) is 48.5 Å². The Labute approximate surface area is 98.6 Å². The number of aliphatic hydroxyl groups excluding tert-OH is 1. The molecule has 1 N–H and O–H groups in total. The highest BCUT2D eigenvalue weighted by Crippen LogP contribution is 2.21. The minimum atomic E-state index is -0.615. The molecule has 0 radical (unpaired) electrons. The van der Waals surface area contributed by atoms with Gasteiger partial charge in [-0.2, -0.15) is 0 Å². The molecule has 0 rings (SSSR count). The van der Waals surface area contributed by atoms with Gasteiger partial charge in [-0.15, -0.1) is 0 Å². The van der Waals surface area contributed by atoms with Crippen molar-refractivity contribution in [1.29, 1.82) is 0 Å². The number of hydrogen-bond donors (Lipinski definition) is 1. The quantitative estimate of drug-likeness (QED) is 0.811. The number of carbonyl (C=O) groups excluding carboxylic acids is 1. The topological polar surface area (TPSA) is 49.8 Å². The molecular formula is C12H25NO3. The van der Waals surface area contributed by atoms with Crippen LogP contribution in [-0.2, 0) is 4.74 Å². The maximum Gasteiger partial charge on any atom is 0.411 e. The van der Waals surface area contributed by atoms with Gasteiger partial charge in [0.05, 0.1) is 12.1 Å². The molecule has 0 saturated carbocycles. The zero-order valence-electron chi connectivity index (χ0n) is 11.5. The molecule has 16 heavy (non-hydrogen) atoms. The van der Waals surface area contributed by atoms with Crippen LogP contribution in [0.25, 0.3) is 0 Å². The Bertz CT molecular complexity index is 241. The van der Waals surface area contributed by atoms with Crippen molar-refractivity contribution < 1.29 is 14.6 Å². The average molecular weight is 231 g/mol. The zero-order valence-corrected chi connectivity index (χ0v) is 11.5. The van der Waals surface area contributed by atoms with Crippen molar-refractivity contribution in [2.75, 3.05) is 6.61 Å². The Kier molecular flexibility index (Phi) is 4.80. The van der Waals surface area contributed by atoms with Gasteiger partial charge in [-0.1, -0.05) is 0 Å². The number of hydrogen-bond acceptors (Lipinski definition) is 3. The van der Waals surface area contributed by atoms with Gasteiger partial charge in [0, 0.05) is 6.04 Å². The third kappa shape index (κ3) is 4.39. The fourth-order valence-electron chi connectivity index (χ4n) is 1.54. The van der Waals surface area contributed by atoms with E-state index in [0.29, 0.717) is 0 Å². The molecular weight excluding hydrogens is 206 g/mol. The van der Waals surface area contributed by atoms with Crippen LogP contribution in [0.5, 0.6) is 0 Å². The summed E-state index contributed by atoms with van der Waals surface area (Å²) in [6.45, 7) is 12.8. The van der Waals surface area contributed by atoms with E-state index < -0.39 is 11.1 Å². The van der Waals surface area contributed by atoms with Crippen LogP contribution in [0.3, 0.4) is 0 Å². The SMILES string of the molecule is CC(C)N(C(=O)OC(C)(C)C)C(C)(C)CO. The number of nitrogens with zero attached hydrogens (tertiary/aromatic N) is 1. The number of ether oxygens (including phenoxy) is 1. The molecule has 0 aliphatic carbocycles. The van der Waals surface area contributed by atoms with Gasteiger partial charge in [0.15, 0.2) is 0 Å². The van der Waals surface area contributed by atoms with Crippen molar-refractivity contribution in [3.63, 3.8) is 0 Å². The van der Waals surface area contributed by atoms with Crippen molar-refractivity contribution in [2.45, 2.75) is 65.6 Å². The molecule has 4 nitrogen and oxygen atoms in total. The number of amides is 1. The van der Waals surface area contributed by atoms with Crippen LogP contribution < -0.4 is 0 Å². The number of aliphatic hydroxyl groups is 1. The Morgan fingerprint density at radius 1 is 1.25 bits per heavy atom. The fraction of sp³-hybridized carbons (Fsp3) is 0.917. The maximum absolute atomic E-state index is 12.0. The molecule has 0 aromatic rings. The Hall–Kier alpha value is -0.770. The van der Waals surface area contributed by atoms with Crippen molar-refractivity contribution >= 4 is 6.09 Å². The van der Waals surface area contributed by atoms with Gasteiger partial charge in [0.1, 0.15) is 5.60 Å². The van der Waals surface area contributed by atoms with Crippen LogP contribution in [0.1, 0.15) is 48.5 Å². The third-order valence-corrected chi connectivity index (χ3v) is 2.15. The predicted molar refractivity (Wildman–Crippen MR) is 64.4 cm³/mol. The Balaban J connectivity index is 4.88. The van der Waals surface area contributed by atoms with E-state index in [2.05, 4.69) is 0 Å². The number of carbonyl (C=O) groups is 1. The Morgan fingerprint density at radius 3 is 1.94 bits per heavy atom. The van der Waals surface area contributed by atoms with Crippen molar-refractivity contribution in [3.05, 3.63) is 0 Å². The second kappa shape index (κ2) is 5.04. The van der Waals surface area contributed by atoms with E-state index in [9.17, 15) is 9.90 Å². The normalized spacial score (nSPS) is 12.8. The smallest absolute Gasteiger partial charge is 0.411 e. The highest BCUT2D eigenvalue weighted by Gasteiger charge is 2.35. The van der Waals surface area contributed by atoms with E-state index in [-0.39, 0.29) is 18.7 Å². The lowest BCUT2D eigenvalue weighted by Gasteiger charge is -2.40. The van der Waals surface area contributed by atoms with Crippen LogP contribution in [-0.4, -0.2) is 39.9 Å². The first-order chi connectivity index (χ1) is 7.01. The summed E-state index contributed by atoms with van der Waals surface area (Å²) in [6.07, 6.45) is -0.387. The lowest BCUT2D eigenvalue weighted by Crippen LogP contribution is -2.54. The van der Waals surface area contributed by atoms with Crippen LogP contribution in [0, 0.1) is 0 Å². The summed E-state index contributed by atoms with van der Waals surface area (Å²) >= 11 is 0. The molecule has 0 fully saturated rings. The standard InChI is InChI=1S/C12H25NO3/c1-9(2)13(12(6,7)8-14)10(15)16-11(3,4)5/h9,14H,8H2,1-7H3. The molecule has 0 aromatic carbocycles. The van der Waals surface area contributed by atoms with Gasteiger partial charge in [-0.05, 0) is 48.5 Å². The summed E-state index contributed by atoms with van der Waals surface area (Å²) in [4.78, 5) is 13.6. The molecule has 0 spiro atoms. The first kappa shape index (κ1) is 15.2. The second-order valence-corrected chi connectivity index (χ2v) is 5.91. The van der Waals surface area contributed by atoms with Crippen molar-refractivity contribution in [3.8, 4) is 0 Å². The lowest BCUT2D eigenvalue weighted by molar-refractivity contribution is -0.0195. The number of rotatable bonds is 3. The highest BCUT2D eigenvalue weighted by atomic mass is 16.6. The molecule has 0 unspecified atom stereocenters. The summed E-state index contributed by atoms with van der Waals surface area (Å²) in [6, 6.07) is -0.0167. The molecule has 96 valence electrons. The van der Waals surface area contributed by atoms with E-state index in [0.717, 1.165) is 0 Å². The van der Waals surface area contributed by atoms with E-state index >= 15 is 0 Å². The lowest BCUT2D eigenvalue weighted by atomic mass is 10.0. The first-order valence-electron chi connectivity index (χ1n) is 5.64. The van der Waals surface area contributed by atoms with Gasteiger partial charge < -0.3 is 9.84 Å². The summed E-state index contributed by atoms with van der Waals surface area (Å²) in [5.74, 6) is 0. The monoisotopic (exact) mass is 231 g/mol. The maximum atomic E-state index is 12.0. The third-order valence-electron chi connectivity index (χ3n) is 2.15. The molecule has 0 aromatic heterocycles. The van der Waals surface area contributed by atoms with E-state index in [1.165, 1.54) is 0 Å². The summed E-state index contributed by atoms with van der Waals surface area (Å²) in [5, 5.41) is 9.31. The van der Waals surface area contributed by atoms with Gasteiger partial charge in [0.2, 0.25) is 0 Å². The van der Waals surface area contributed by atoms with Crippen LogP contribution in [0.4, 0.5) is 4.79 Å². The molecule has 4 heteroatoms. The van der Waals surface area contributed by atoms with E-state index in [1.54, 1.807) is 4.90 Å². The van der Waals surface area contributed by atoms with Gasteiger partial charge >= 0.3 is 6.09 Å². The molecule has 0 atom stereocenters. The molecule has 0 saturated heterocycles. The molecule has 1 amide bonds. The first-order valence-corrected chi connectivity index (χ1v) is 5.64. The molecule has 0 bridgehead atoms. The van der Waals surface area contributed by atoms with Crippen molar-refractivity contribution in [2.24, 2.45) is 0 Å². The van der Waals surface area contributed by atoms with Gasteiger partial charge in [-0.25, -0.2) is 4.79 Å².